The van der Waals surface area contributed by atoms with Crippen molar-refractivity contribution in [3.63, 3.8) is 0 Å². The number of hydrogen-bond acceptors (Lipinski definition) is 3. The second kappa shape index (κ2) is 5.28. The van der Waals surface area contributed by atoms with Crippen molar-refractivity contribution in [1.82, 2.24) is 5.32 Å². The van der Waals surface area contributed by atoms with E-state index < -0.39 is 12.0 Å². The average Bonchev–Trinajstić information content (AvgIpc) is 1.87. The maximum absolute atomic E-state index is 10.5. The quantitative estimate of drug-likeness (QED) is 0.438. The second-order valence-corrected chi connectivity index (χ2v) is 1.59. The Labute approximate surface area is 64.2 Å². The van der Waals surface area contributed by atoms with Crippen LogP contribution in [0.1, 0.15) is 6.92 Å². The summed E-state index contributed by atoms with van der Waals surface area (Å²) in [5.74, 6) is -0.513. The van der Waals surface area contributed by atoms with Gasteiger partial charge in [0.2, 0.25) is 0 Å². The third kappa shape index (κ3) is 6.36. The highest BCUT2D eigenvalue weighted by Gasteiger charge is 1.92. The summed E-state index contributed by atoms with van der Waals surface area (Å²) < 4.78 is 4.51. The average molecular weight is 158 g/mol. The van der Waals surface area contributed by atoms with E-state index in [2.05, 4.69) is 10.1 Å². The van der Waals surface area contributed by atoms with Crippen molar-refractivity contribution in [2.24, 2.45) is 5.73 Å². The van der Waals surface area contributed by atoms with Crippen LogP contribution in [0.4, 0.5) is 4.79 Å². The molecular formula is C6H10N2O3. The van der Waals surface area contributed by atoms with Gasteiger partial charge in [0, 0.05) is 12.3 Å². The molecule has 62 valence electrons. The van der Waals surface area contributed by atoms with E-state index in [1.165, 1.54) is 0 Å². The molecule has 3 N–H and O–H groups in total. The summed E-state index contributed by atoms with van der Waals surface area (Å²) in [4.78, 5) is 20.6. The molecule has 0 aliphatic heterocycles. The number of amides is 2. The Bertz CT molecular complexity index is 177. The monoisotopic (exact) mass is 158 g/mol. The maximum atomic E-state index is 10.5. The van der Waals surface area contributed by atoms with Crippen LogP contribution in [0, 0.1) is 0 Å². The summed E-state index contributed by atoms with van der Waals surface area (Å²) in [6.07, 6.45) is 2.20. The van der Waals surface area contributed by atoms with Crippen molar-refractivity contribution in [2.75, 3.05) is 6.61 Å². The standard InChI is InChI=1S/C6H10N2O3/c1-2-11-5(9)3-4-8-6(7)10/h3-4H,2H2,1H3,(H3,7,8,10)/b4-3-. The minimum absolute atomic E-state index is 0.305. The van der Waals surface area contributed by atoms with Gasteiger partial charge in [-0.1, -0.05) is 0 Å². The number of carbonyl (C=O) groups is 2. The lowest BCUT2D eigenvalue weighted by Gasteiger charge is -1.94. The Hall–Kier alpha value is -1.52. The van der Waals surface area contributed by atoms with Gasteiger partial charge in [-0.15, -0.1) is 0 Å². The van der Waals surface area contributed by atoms with E-state index in [9.17, 15) is 9.59 Å². The molecule has 0 heterocycles. The lowest BCUT2D eigenvalue weighted by atomic mass is 10.6. The molecule has 0 atom stereocenters. The Balaban J connectivity index is 3.56. The first kappa shape index (κ1) is 9.48. The molecule has 0 spiro atoms. The lowest BCUT2D eigenvalue weighted by molar-refractivity contribution is -0.137. The molecule has 0 aromatic rings. The van der Waals surface area contributed by atoms with Crippen molar-refractivity contribution in [1.29, 1.82) is 0 Å². The van der Waals surface area contributed by atoms with Gasteiger partial charge in [-0.2, -0.15) is 0 Å². The summed E-state index contributed by atoms with van der Waals surface area (Å²) in [6, 6.07) is -0.717. The van der Waals surface area contributed by atoms with Crippen molar-refractivity contribution in [3.8, 4) is 0 Å². The molecular weight excluding hydrogens is 148 g/mol. The zero-order chi connectivity index (χ0) is 8.69. The number of esters is 1. The molecule has 0 rings (SSSR count). The number of carbonyl (C=O) groups excluding carboxylic acids is 2. The van der Waals surface area contributed by atoms with Crippen LogP contribution >= 0.6 is 0 Å². The minimum Gasteiger partial charge on any atom is -0.463 e. The Kier molecular flexibility index (Phi) is 4.55. The van der Waals surface area contributed by atoms with Crippen molar-refractivity contribution < 1.29 is 14.3 Å². The fourth-order valence-electron chi connectivity index (χ4n) is 0.382. The van der Waals surface area contributed by atoms with Crippen LogP contribution in [0.5, 0.6) is 0 Å². The van der Waals surface area contributed by atoms with E-state index in [0.717, 1.165) is 12.3 Å². The third-order valence-electron chi connectivity index (χ3n) is 0.732. The SMILES string of the molecule is CCOC(=O)/C=C\NC(N)=O. The molecule has 11 heavy (non-hydrogen) atoms. The van der Waals surface area contributed by atoms with E-state index in [1.807, 2.05) is 0 Å². The molecule has 0 radical (unpaired) electrons. The second-order valence-electron chi connectivity index (χ2n) is 1.59. The van der Waals surface area contributed by atoms with Crippen LogP contribution in [0.3, 0.4) is 0 Å². The molecule has 5 heteroatoms. The van der Waals surface area contributed by atoms with Crippen LogP contribution in [0.25, 0.3) is 0 Å². The van der Waals surface area contributed by atoms with Crippen molar-refractivity contribution in [2.45, 2.75) is 6.92 Å². The number of hydrogen-bond donors (Lipinski definition) is 2. The predicted octanol–water partition coefficient (Wildman–Crippen LogP) is -0.268. The Morgan fingerprint density at radius 2 is 2.27 bits per heavy atom. The van der Waals surface area contributed by atoms with Gasteiger partial charge in [-0.25, -0.2) is 9.59 Å². The van der Waals surface area contributed by atoms with E-state index in [4.69, 9.17) is 5.73 Å². The highest BCUT2D eigenvalue weighted by Crippen LogP contribution is 1.78. The van der Waals surface area contributed by atoms with E-state index in [1.54, 1.807) is 6.92 Å². The molecule has 0 aliphatic carbocycles. The fourth-order valence-corrected chi connectivity index (χ4v) is 0.382. The van der Waals surface area contributed by atoms with Gasteiger partial charge in [-0.3, -0.25) is 0 Å². The highest BCUT2D eigenvalue weighted by molar-refractivity contribution is 5.83. The first-order valence-corrected chi connectivity index (χ1v) is 3.06. The van der Waals surface area contributed by atoms with Gasteiger partial charge in [0.1, 0.15) is 0 Å². The fraction of sp³-hybridized carbons (Fsp3) is 0.333. The first-order valence-electron chi connectivity index (χ1n) is 3.06. The lowest BCUT2D eigenvalue weighted by Crippen LogP contribution is -2.24. The van der Waals surface area contributed by atoms with E-state index in [0.29, 0.717) is 6.61 Å². The van der Waals surface area contributed by atoms with Gasteiger partial charge in [-0.05, 0) is 6.92 Å². The number of ether oxygens (including phenoxy) is 1. The first-order chi connectivity index (χ1) is 5.16. The highest BCUT2D eigenvalue weighted by atomic mass is 16.5. The summed E-state index contributed by atoms with van der Waals surface area (Å²) in [7, 11) is 0. The minimum atomic E-state index is -0.717. The Morgan fingerprint density at radius 3 is 2.73 bits per heavy atom. The van der Waals surface area contributed by atoms with Gasteiger partial charge in [0.25, 0.3) is 0 Å². The number of primary amides is 1. The van der Waals surface area contributed by atoms with Crippen LogP contribution in [0.15, 0.2) is 12.3 Å². The van der Waals surface area contributed by atoms with E-state index in [-0.39, 0.29) is 0 Å². The predicted molar refractivity (Wildman–Crippen MR) is 38.5 cm³/mol. The van der Waals surface area contributed by atoms with Gasteiger partial charge >= 0.3 is 12.0 Å². The van der Waals surface area contributed by atoms with Gasteiger partial charge in [0.15, 0.2) is 0 Å². The molecule has 2 amide bonds. The number of nitrogens with two attached hydrogens (primary N) is 1. The molecule has 0 aliphatic rings. The zero-order valence-corrected chi connectivity index (χ0v) is 6.16. The van der Waals surface area contributed by atoms with Gasteiger partial charge in [0.05, 0.1) is 6.61 Å². The molecule has 0 aromatic heterocycles. The molecule has 0 bridgehead atoms. The molecule has 0 aromatic carbocycles. The normalized spacial score (nSPS) is 9.55. The number of urea groups is 1. The zero-order valence-electron chi connectivity index (χ0n) is 6.16. The topological polar surface area (TPSA) is 81.4 Å². The van der Waals surface area contributed by atoms with Crippen LogP contribution < -0.4 is 11.1 Å². The smallest absolute Gasteiger partial charge is 0.332 e. The van der Waals surface area contributed by atoms with Crippen LogP contribution in [-0.4, -0.2) is 18.6 Å². The van der Waals surface area contributed by atoms with Crippen LogP contribution in [-0.2, 0) is 9.53 Å². The Morgan fingerprint density at radius 1 is 1.64 bits per heavy atom. The number of nitrogens with one attached hydrogen (secondary N) is 1. The largest absolute Gasteiger partial charge is 0.463 e. The molecule has 0 saturated heterocycles. The summed E-state index contributed by atoms with van der Waals surface area (Å²) in [5, 5.41) is 2.09. The maximum Gasteiger partial charge on any atom is 0.332 e. The summed E-state index contributed by atoms with van der Waals surface area (Å²) >= 11 is 0. The molecule has 5 nitrogen and oxygen atoms in total. The molecule has 0 unspecified atom stereocenters. The van der Waals surface area contributed by atoms with Crippen molar-refractivity contribution in [3.05, 3.63) is 12.3 Å². The summed E-state index contributed by atoms with van der Waals surface area (Å²) in [5.41, 5.74) is 4.70. The summed E-state index contributed by atoms with van der Waals surface area (Å²) in [6.45, 7) is 1.99. The van der Waals surface area contributed by atoms with Crippen molar-refractivity contribution >= 4 is 12.0 Å². The third-order valence-corrected chi connectivity index (χ3v) is 0.732. The molecule has 0 fully saturated rings. The number of rotatable bonds is 3. The van der Waals surface area contributed by atoms with Gasteiger partial charge < -0.3 is 15.8 Å². The van der Waals surface area contributed by atoms with E-state index >= 15 is 0 Å². The molecule has 0 saturated carbocycles. The van der Waals surface area contributed by atoms with Crippen LogP contribution in [0.2, 0.25) is 0 Å².